The highest BCUT2D eigenvalue weighted by Crippen LogP contribution is 2.24. The summed E-state index contributed by atoms with van der Waals surface area (Å²) in [4.78, 5) is 11.0. The molecule has 0 radical (unpaired) electrons. The maximum Gasteiger partial charge on any atom is 0.313 e. The zero-order chi connectivity index (χ0) is 13.3. The Kier molecular flexibility index (Phi) is 3.47. The molecule has 0 bridgehead atoms. The number of carboxylic acid groups (broad SMARTS) is 1. The number of carbonyl (C=O) groups is 1. The van der Waals surface area contributed by atoms with Crippen LogP contribution in [0.2, 0.25) is 0 Å². The summed E-state index contributed by atoms with van der Waals surface area (Å²) in [6.07, 6.45) is 1.06. The van der Waals surface area contributed by atoms with Gasteiger partial charge >= 0.3 is 5.97 Å². The first-order valence-electron chi connectivity index (χ1n) is 4.94. The first kappa shape index (κ1) is 13.5. The molecule has 5 nitrogen and oxygen atoms in total. The van der Waals surface area contributed by atoms with Gasteiger partial charge in [-0.25, -0.2) is 8.42 Å². The van der Waals surface area contributed by atoms with Gasteiger partial charge in [0.05, 0.1) is 11.7 Å². The average Bonchev–Trinajstić information content (AvgIpc) is 2.15. The van der Waals surface area contributed by atoms with E-state index in [-0.39, 0.29) is 0 Å². The second kappa shape index (κ2) is 4.37. The first-order chi connectivity index (χ1) is 7.63. The molecule has 0 saturated heterocycles. The topological polar surface area (TPSA) is 83.5 Å². The summed E-state index contributed by atoms with van der Waals surface area (Å²) in [5, 5.41) is 9.04. The van der Waals surface area contributed by atoms with Gasteiger partial charge < -0.3 is 5.11 Å². The van der Waals surface area contributed by atoms with Crippen LogP contribution in [0.1, 0.15) is 19.4 Å². The van der Waals surface area contributed by atoms with Gasteiger partial charge in [-0.15, -0.1) is 0 Å². The molecular formula is C11H15NO4S. The Hall–Kier alpha value is -1.56. The molecule has 0 spiro atoms. The quantitative estimate of drug-likeness (QED) is 0.854. The molecule has 0 aliphatic rings. The number of hydrogen-bond donors (Lipinski definition) is 2. The number of aliphatic carboxylic acids is 1. The van der Waals surface area contributed by atoms with Crippen molar-refractivity contribution in [2.75, 3.05) is 11.0 Å². The summed E-state index contributed by atoms with van der Waals surface area (Å²) in [6, 6.07) is 6.28. The molecule has 1 aromatic carbocycles. The van der Waals surface area contributed by atoms with E-state index in [0.717, 1.165) is 6.26 Å². The minimum Gasteiger partial charge on any atom is -0.481 e. The van der Waals surface area contributed by atoms with Crippen molar-refractivity contribution in [3.8, 4) is 0 Å². The van der Waals surface area contributed by atoms with E-state index in [4.69, 9.17) is 5.11 Å². The summed E-state index contributed by atoms with van der Waals surface area (Å²) in [6.45, 7) is 3.18. The molecule has 0 atom stereocenters. The lowest BCUT2D eigenvalue weighted by Crippen LogP contribution is -2.28. The molecule has 0 aromatic heterocycles. The van der Waals surface area contributed by atoms with E-state index < -0.39 is 21.4 Å². The highest BCUT2D eigenvalue weighted by atomic mass is 32.2. The molecule has 94 valence electrons. The van der Waals surface area contributed by atoms with E-state index in [9.17, 15) is 13.2 Å². The molecule has 0 amide bonds. The molecule has 0 heterocycles. The van der Waals surface area contributed by atoms with E-state index in [1.807, 2.05) is 0 Å². The van der Waals surface area contributed by atoms with Gasteiger partial charge in [-0.2, -0.15) is 0 Å². The van der Waals surface area contributed by atoms with Gasteiger partial charge in [0.1, 0.15) is 0 Å². The van der Waals surface area contributed by atoms with Gasteiger partial charge in [-0.1, -0.05) is 12.1 Å². The van der Waals surface area contributed by atoms with Crippen molar-refractivity contribution in [2.45, 2.75) is 19.3 Å². The largest absolute Gasteiger partial charge is 0.481 e. The predicted octanol–water partition coefficient (Wildman–Crippen LogP) is 1.42. The molecule has 0 fully saturated rings. The van der Waals surface area contributed by atoms with Crippen LogP contribution in [0.25, 0.3) is 0 Å². The van der Waals surface area contributed by atoms with E-state index in [1.165, 1.54) is 0 Å². The molecule has 17 heavy (non-hydrogen) atoms. The SMILES string of the molecule is CC(C)(C(=O)O)c1ccc(NS(C)(=O)=O)cc1. The summed E-state index contributed by atoms with van der Waals surface area (Å²) < 4.78 is 24.3. The highest BCUT2D eigenvalue weighted by molar-refractivity contribution is 7.92. The van der Waals surface area contributed by atoms with Gasteiger partial charge in [0.2, 0.25) is 10.0 Å². The second-order valence-corrected chi connectivity index (χ2v) is 6.13. The monoisotopic (exact) mass is 257 g/mol. The number of benzene rings is 1. The van der Waals surface area contributed by atoms with Crippen molar-refractivity contribution in [1.29, 1.82) is 0 Å². The smallest absolute Gasteiger partial charge is 0.313 e. The van der Waals surface area contributed by atoms with Gasteiger partial charge in [-0.3, -0.25) is 9.52 Å². The number of rotatable bonds is 4. The van der Waals surface area contributed by atoms with Crippen molar-refractivity contribution >= 4 is 21.7 Å². The van der Waals surface area contributed by atoms with Crippen molar-refractivity contribution < 1.29 is 18.3 Å². The number of anilines is 1. The van der Waals surface area contributed by atoms with Crippen LogP contribution in [-0.4, -0.2) is 25.7 Å². The lowest BCUT2D eigenvalue weighted by molar-refractivity contribution is -0.142. The third-order valence-electron chi connectivity index (χ3n) is 2.44. The van der Waals surface area contributed by atoms with Crippen molar-refractivity contribution in [2.24, 2.45) is 0 Å². The minimum atomic E-state index is -3.31. The van der Waals surface area contributed by atoms with Crippen LogP contribution in [0.3, 0.4) is 0 Å². The van der Waals surface area contributed by atoms with Crippen LogP contribution < -0.4 is 4.72 Å². The molecule has 0 unspecified atom stereocenters. The summed E-state index contributed by atoms with van der Waals surface area (Å²) in [5.41, 5.74) is 0.0327. The van der Waals surface area contributed by atoms with Crippen LogP contribution in [0.5, 0.6) is 0 Å². The lowest BCUT2D eigenvalue weighted by atomic mass is 9.85. The van der Waals surface area contributed by atoms with Gasteiger partial charge in [0.15, 0.2) is 0 Å². The standard InChI is InChI=1S/C11H15NO4S/c1-11(2,10(13)14)8-4-6-9(7-5-8)12-17(3,15)16/h4-7,12H,1-3H3,(H,13,14). The zero-order valence-corrected chi connectivity index (χ0v) is 10.7. The predicted molar refractivity (Wildman–Crippen MR) is 65.6 cm³/mol. The Balaban J connectivity index is 3.00. The van der Waals surface area contributed by atoms with Crippen LogP contribution in [-0.2, 0) is 20.2 Å². The maximum atomic E-state index is 11.0. The Labute approximate surface area is 101 Å². The summed E-state index contributed by atoms with van der Waals surface area (Å²) in [7, 11) is -3.31. The molecule has 0 aliphatic heterocycles. The lowest BCUT2D eigenvalue weighted by Gasteiger charge is -2.19. The van der Waals surface area contributed by atoms with Crippen molar-refractivity contribution in [3.05, 3.63) is 29.8 Å². The third-order valence-corrected chi connectivity index (χ3v) is 3.05. The molecule has 0 saturated carbocycles. The fourth-order valence-corrected chi connectivity index (χ4v) is 1.86. The molecule has 1 aromatic rings. The summed E-state index contributed by atoms with van der Waals surface area (Å²) >= 11 is 0. The van der Waals surface area contributed by atoms with Gasteiger partial charge in [0.25, 0.3) is 0 Å². The molecule has 6 heteroatoms. The van der Waals surface area contributed by atoms with Crippen LogP contribution in [0.4, 0.5) is 5.69 Å². The number of carboxylic acids is 1. The molecule has 0 aliphatic carbocycles. The maximum absolute atomic E-state index is 11.0. The van der Waals surface area contributed by atoms with E-state index in [1.54, 1.807) is 38.1 Å². The minimum absolute atomic E-state index is 0.414. The van der Waals surface area contributed by atoms with Crippen LogP contribution >= 0.6 is 0 Å². The van der Waals surface area contributed by atoms with Crippen molar-refractivity contribution in [1.82, 2.24) is 0 Å². The molecular weight excluding hydrogens is 242 g/mol. The number of nitrogens with one attached hydrogen (secondary N) is 1. The summed E-state index contributed by atoms with van der Waals surface area (Å²) in [5.74, 6) is -0.929. The number of sulfonamides is 1. The van der Waals surface area contributed by atoms with E-state index >= 15 is 0 Å². The highest BCUT2D eigenvalue weighted by Gasteiger charge is 2.29. The second-order valence-electron chi connectivity index (χ2n) is 4.38. The van der Waals surface area contributed by atoms with Gasteiger partial charge in [-0.05, 0) is 31.5 Å². The fraction of sp³-hybridized carbons (Fsp3) is 0.364. The fourth-order valence-electron chi connectivity index (χ4n) is 1.29. The zero-order valence-electron chi connectivity index (χ0n) is 9.89. The van der Waals surface area contributed by atoms with Crippen molar-refractivity contribution in [3.63, 3.8) is 0 Å². The Bertz CT molecular complexity index is 517. The first-order valence-corrected chi connectivity index (χ1v) is 6.84. The number of hydrogen-bond acceptors (Lipinski definition) is 3. The average molecular weight is 257 g/mol. The van der Waals surface area contributed by atoms with Gasteiger partial charge in [0, 0.05) is 5.69 Å². The third kappa shape index (κ3) is 3.45. The van der Waals surface area contributed by atoms with E-state index in [0.29, 0.717) is 11.3 Å². The van der Waals surface area contributed by atoms with E-state index in [2.05, 4.69) is 4.72 Å². The molecule has 1 rings (SSSR count). The Morgan fingerprint density at radius 2 is 1.71 bits per heavy atom. The van der Waals surface area contributed by atoms with Crippen LogP contribution in [0, 0.1) is 0 Å². The normalized spacial score (nSPS) is 12.2. The van der Waals surface area contributed by atoms with Crippen LogP contribution in [0.15, 0.2) is 24.3 Å². The molecule has 2 N–H and O–H groups in total. The Morgan fingerprint density at radius 3 is 2.06 bits per heavy atom. The Morgan fingerprint density at radius 1 is 1.24 bits per heavy atom.